The lowest BCUT2D eigenvalue weighted by molar-refractivity contribution is -0.124. The van der Waals surface area contributed by atoms with Crippen LogP contribution in [0.25, 0.3) is 0 Å². The van der Waals surface area contributed by atoms with E-state index < -0.39 is 18.5 Å². The van der Waals surface area contributed by atoms with Crippen LogP contribution in [0.5, 0.6) is 11.5 Å². The molecule has 0 aliphatic carbocycles. The number of para-hydroxylation sites is 2. The van der Waals surface area contributed by atoms with Gasteiger partial charge in [0, 0.05) is 10.6 Å². The predicted molar refractivity (Wildman–Crippen MR) is 127 cm³/mol. The Labute approximate surface area is 201 Å². The quantitative estimate of drug-likeness (QED) is 0.390. The first-order valence-electron chi connectivity index (χ1n) is 10.7. The lowest BCUT2D eigenvalue weighted by Crippen LogP contribution is -2.42. The van der Waals surface area contributed by atoms with Crippen molar-refractivity contribution in [2.75, 3.05) is 19.8 Å². The first-order chi connectivity index (χ1) is 16.6. The van der Waals surface area contributed by atoms with Gasteiger partial charge in [0.25, 0.3) is 5.91 Å². The van der Waals surface area contributed by atoms with Gasteiger partial charge >= 0.3 is 5.97 Å². The zero-order chi connectivity index (χ0) is 23.8. The minimum atomic E-state index is -0.566. The van der Waals surface area contributed by atoms with E-state index in [9.17, 15) is 9.59 Å². The number of amides is 1. The monoisotopic (exact) mass is 474 g/mol. The largest absolute Gasteiger partial charge is 0.486 e. The highest BCUT2D eigenvalue weighted by Crippen LogP contribution is 2.30. The van der Waals surface area contributed by atoms with Gasteiger partial charge in [0.2, 0.25) is 0 Å². The molecule has 3 aromatic rings. The van der Waals surface area contributed by atoms with E-state index in [1.165, 1.54) is 11.8 Å². The Bertz CT molecular complexity index is 1210. The fourth-order valence-electron chi connectivity index (χ4n) is 3.25. The van der Waals surface area contributed by atoms with Gasteiger partial charge in [-0.1, -0.05) is 36.4 Å². The molecule has 1 aliphatic heterocycles. The Kier molecular flexibility index (Phi) is 7.68. The Balaban J connectivity index is 1.25. The molecule has 1 atom stereocenters. The van der Waals surface area contributed by atoms with Crippen molar-refractivity contribution in [2.45, 2.75) is 16.8 Å². The van der Waals surface area contributed by atoms with Crippen molar-refractivity contribution in [2.24, 2.45) is 0 Å². The highest BCUT2D eigenvalue weighted by molar-refractivity contribution is 7.98. The number of carbonyl (C=O) groups is 2. The molecule has 0 aromatic heterocycles. The Hall–Kier alpha value is -3.96. The van der Waals surface area contributed by atoms with Crippen LogP contribution in [-0.4, -0.2) is 37.7 Å². The Morgan fingerprint density at radius 3 is 2.56 bits per heavy atom. The molecule has 3 aromatic carbocycles. The minimum absolute atomic E-state index is 0.238. The third kappa shape index (κ3) is 6.09. The number of hydrogen-bond donors (Lipinski definition) is 1. The molecule has 7 nitrogen and oxygen atoms in total. The number of ether oxygens (including phenoxy) is 3. The van der Waals surface area contributed by atoms with Crippen LogP contribution in [0.4, 0.5) is 0 Å². The molecule has 8 heteroatoms. The Morgan fingerprint density at radius 2 is 1.76 bits per heavy atom. The van der Waals surface area contributed by atoms with Gasteiger partial charge in [-0.25, -0.2) is 4.79 Å². The summed E-state index contributed by atoms with van der Waals surface area (Å²) in [6.45, 7) is 0.167. The number of nitrogens with zero attached hydrogens (tertiary/aromatic N) is 1. The molecule has 1 aliphatic rings. The van der Waals surface area contributed by atoms with Gasteiger partial charge in [-0.05, 0) is 42.0 Å². The molecule has 1 amide bonds. The van der Waals surface area contributed by atoms with E-state index in [0.29, 0.717) is 35.0 Å². The van der Waals surface area contributed by atoms with Gasteiger partial charge in [-0.2, -0.15) is 5.26 Å². The van der Waals surface area contributed by atoms with Crippen LogP contribution in [0.3, 0.4) is 0 Å². The number of hydrogen-bond acceptors (Lipinski definition) is 7. The fraction of sp³-hybridized carbons (Fsp3) is 0.192. The first-order valence-corrected chi connectivity index (χ1v) is 11.6. The lowest BCUT2D eigenvalue weighted by Gasteiger charge is -2.26. The third-order valence-corrected chi connectivity index (χ3v) is 6.16. The summed E-state index contributed by atoms with van der Waals surface area (Å²) in [5.74, 6) is 0.954. The third-order valence-electron chi connectivity index (χ3n) is 5.01. The van der Waals surface area contributed by atoms with Crippen molar-refractivity contribution in [1.82, 2.24) is 5.32 Å². The van der Waals surface area contributed by atoms with E-state index >= 15 is 0 Å². The molecule has 0 fully saturated rings. The van der Waals surface area contributed by atoms with Crippen molar-refractivity contribution in [3.05, 3.63) is 89.5 Å². The summed E-state index contributed by atoms with van der Waals surface area (Å²) in [6.07, 6.45) is -0.325. The predicted octanol–water partition coefficient (Wildman–Crippen LogP) is 3.96. The molecule has 0 saturated heterocycles. The molecule has 4 rings (SSSR count). The van der Waals surface area contributed by atoms with Gasteiger partial charge in [0.1, 0.15) is 12.7 Å². The van der Waals surface area contributed by atoms with Gasteiger partial charge in [-0.15, -0.1) is 11.8 Å². The zero-order valence-corrected chi connectivity index (χ0v) is 19.0. The summed E-state index contributed by atoms with van der Waals surface area (Å²) in [4.78, 5) is 25.6. The van der Waals surface area contributed by atoms with Gasteiger partial charge < -0.3 is 19.5 Å². The van der Waals surface area contributed by atoms with Crippen LogP contribution >= 0.6 is 11.8 Å². The average Bonchev–Trinajstić information content (AvgIpc) is 2.89. The number of nitrogens with one attached hydrogen (secondary N) is 1. The smallest absolute Gasteiger partial charge is 0.339 e. The summed E-state index contributed by atoms with van der Waals surface area (Å²) in [5.41, 5.74) is 2.03. The number of benzene rings is 3. The second-order valence-corrected chi connectivity index (χ2v) is 8.49. The summed E-state index contributed by atoms with van der Waals surface area (Å²) in [6, 6.07) is 23.8. The molecule has 0 bridgehead atoms. The molecule has 1 unspecified atom stereocenters. The summed E-state index contributed by atoms with van der Waals surface area (Å²) >= 11 is 1.48. The summed E-state index contributed by atoms with van der Waals surface area (Å²) < 4.78 is 16.7. The Morgan fingerprint density at radius 1 is 1.03 bits per heavy atom. The minimum Gasteiger partial charge on any atom is -0.486 e. The lowest BCUT2D eigenvalue weighted by atomic mass is 10.2. The molecular weight excluding hydrogens is 452 g/mol. The molecule has 0 spiro atoms. The van der Waals surface area contributed by atoms with E-state index in [-0.39, 0.29) is 12.6 Å². The number of fused-ring (bicyclic) bond motifs is 1. The second-order valence-electron chi connectivity index (χ2n) is 7.47. The highest BCUT2D eigenvalue weighted by Gasteiger charge is 2.21. The van der Waals surface area contributed by atoms with Gasteiger partial charge in [0.05, 0.1) is 23.7 Å². The van der Waals surface area contributed by atoms with Crippen LogP contribution in [0.2, 0.25) is 0 Å². The second kappa shape index (κ2) is 11.3. The van der Waals surface area contributed by atoms with Crippen molar-refractivity contribution in [1.29, 1.82) is 5.26 Å². The normalized spacial score (nSPS) is 14.0. The SMILES string of the molecule is N#Cc1ccc(CSc2ccccc2C(=O)OCC(=O)NCC2COc3ccccc3O2)cc1. The maximum atomic E-state index is 12.6. The van der Waals surface area contributed by atoms with Crippen molar-refractivity contribution in [3.8, 4) is 17.6 Å². The molecule has 0 radical (unpaired) electrons. The van der Waals surface area contributed by atoms with E-state index in [1.54, 1.807) is 24.3 Å². The molecule has 1 N–H and O–H groups in total. The number of rotatable bonds is 8. The number of esters is 1. The molecule has 172 valence electrons. The number of carbonyl (C=O) groups excluding carboxylic acids is 2. The van der Waals surface area contributed by atoms with Crippen LogP contribution < -0.4 is 14.8 Å². The first kappa shape index (κ1) is 23.2. The van der Waals surface area contributed by atoms with Crippen LogP contribution in [-0.2, 0) is 15.3 Å². The standard InChI is InChI=1S/C26H22N2O5S/c27-13-18-9-11-19(12-10-18)17-34-24-8-4-1-5-21(24)26(30)32-16-25(29)28-14-20-15-31-22-6-2-3-7-23(22)33-20/h1-12,20H,14-17H2,(H,28,29). The zero-order valence-electron chi connectivity index (χ0n) is 18.2. The number of nitriles is 1. The maximum absolute atomic E-state index is 12.6. The van der Waals surface area contributed by atoms with Gasteiger partial charge in [-0.3, -0.25) is 4.79 Å². The van der Waals surface area contributed by atoms with Crippen molar-refractivity contribution >= 4 is 23.6 Å². The van der Waals surface area contributed by atoms with E-state index in [0.717, 1.165) is 10.5 Å². The van der Waals surface area contributed by atoms with Crippen LogP contribution in [0.1, 0.15) is 21.5 Å². The van der Waals surface area contributed by atoms with E-state index in [1.807, 2.05) is 48.5 Å². The van der Waals surface area contributed by atoms with Crippen molar-refractivity contribution < 1.29 is 23.8 Å². The van der Waals surface area contributed by atoms with Gasteiger partial charge in [0.15, 0.2) is 18.1 Å². The molecule has 34 heavy (non-hydrogen) atoms. The molecular formula is C26H22N2O5S. The van der Waals surface area contributed by atoms with Crippen LogP contribution in [0.15, 0.2) is 77.7 Å². The van der Waals surface area contributed by atoms with Crippen molar-refractivity contribution in [3.63, 3.8) is 0 Å². The molecule has 0 saturated carbocycles. The highest BCUT2D eigenvalue weighted by atomic mass is 32.2. The fourth-order valence-corrected chi connectivity index (χ4v) is 4.25. The topological polar surface area (TPSA) is 97.7 Å². The summed E-state index contributed by atoms with van der Waals surface area (Å²) in [5, 5.41) is 11.6. The number of thioether (sulfide) groups is 1. The molecule has 1 heterocycles. The van der Waals surface area contributed by atoms with E-state index in [4.69, 9.17) is 19.5 Å². The van der Waals surface area contributed by atoms with E-state index in [2.05, 4.69) is 11.4 Å². The summed E-state index contributed by atoms with van der Waals surface area (Å²) in [7, 11) is 0. The average molecular weight is 475 g/mol. The van der Waals surface area contributed by atoms with Crippen LogP contribution in [0, 0.1) is 11.3 Å². The maximum Gasteiger partial charge on any atom is 0.339 e.